The Morgan fingerprint density at radius 3 is 2.29 bits per heavy atom. The van der Waals surface area contributed by atoms with E-state index >= 15 is 0 Å². The molecule has 126 valence electrons. The van der Waals surface area contributed by atoms with Crippen LogP contribution >= 0.6 is 0 Å². The van der Waals surface area contributed by atoms with E-state index in [-0.39, 0.29) is 6.42 Å². The summed E-state index contributed by atoms with van der Waals surface area (Å²) >= 11 is 0. The van der Waals surface area contributed by atoms with Crippen molar-refractivity contribution in [2.75, 3.05) is 0 Å². The fourth-order valence-corrected chi connectivity index (χ4v) is 3.51. The first-order valence-electron chi connectivity index (χ1n) is 6.90. The highest BCUT2D eigenvalue weighted by Crippen LogP contribution is 2.23. The van der Waals surface area contributed by atoms with Gasteiger partial charge in [-0.25, -0.2) is 8.42 Å². The van der Waals surface area contributed by atoms with Crippen LogP contribution < -0.4 is 10.5 Å². The molecule has 0 saturated heterocycles. The Morgan fingerprint density at radius 1 is 1.12 bits per heavy atom. The number of carbonyl (C=O) groups is 1. The van der Waals surface area contributed by atoms with Crippen molar-refractivity contribution in [3.05, 3.63) is 70.3 Å². The fraction of sp³-hybridized carbons (Fsp3) is 0.133. The first-order valence-corrected chi connectivity index (χ1v) is 8.38. The Kier molecular flexibility index (Phi) is 5.27. The number of nitro benzene ring substituents is 1. The lowest BCUT2D eigenvalue weighted by molar-refractivity contribution is -0.387. The minimum atomic E-state index is -4.29. The van der Waals surface area contributed by atoms with Crippen LogP contribution in [0.5, 0.6) is 0 Å². The number of nitrogens with one attached hydrogen (secondary N) is 1. The van der Waals surface area contributed by atoms with E-state index in [1.807, 2.05) is 0 Å². The molecule has 0 bridgehead atoms. The highest BCUT2D eigenvalue weighted by molar-refractivity contribution is 7.89. The third-order valence-corrected chi connectivity index (χ3v) is 4.79. The quantitative estimate of drug-likeness (QED) is 0.568. The number of para-hydroxylation sites is 1. The van der Waals surface area contributed by atoms with E-state index in [0.717, 1.165) is 12.1 Å². The minimum absolute atomic E-state index is 0.0377. The number of nitrogens with zero attached hydrogens (tertiary/aromatic N) is 1. The van der Waals surface area contributed by atoms with Gasteiger partial charge in [0.2, 0.25) is 15.9 Å². The molecule has 0 spiro atoms. The summed E-state index contributed by atoms with van der Waals surface area (Å²) in [6.07, 6.45) is 0.0377. The molecule has 2 aromatic rings. The van der Waals surface area contributed by atoms with Crippen LogP contribution in [0.25, 0.3) is 0 Å². The number of nitrogens with two attached hydrogens (primary N) is 1. The third-order valence-electron chi connectivity index (χ3n) is 3.27. The molecule has 0 radical (unpaired) electrons. The minimum Gasteiger partial charge on any atom is -0.368 e. The average molecular weight is 349 g/mol. The van der Waals surface area contributed by atoms with E-state index in [1.165, 1.54) is 12.1 Å². The monoisotopic (exact) mass is 349 g/mol. The predicted octanol–water partition coefficient (Wildman–Crippen LogP) is 0.970. The van der Waals surface area contributed by atoms with Crippen molar-refractivity contribution in [3.63, 3.8) is 0 Å². The zero-order chi connectivity index (χ0) is 17.7. The van der Waals surface area contributed by atoms with Gasteiger partial charge in [0.15, 0.2) is 4.90 Å². The zero-order valence-corrected chi connectivity index (χ0v) is 13.3. The van der Waals surface area contributed by atoms with Gasteiger partial charge in [-0.3, -0.25) is 14.9 Å². The number of nitro groups is 1. The number of rotatable bonds is 7. The summed E-state index contributed by atoms with van der Waals surface area (Å²) in [5.41, 5.74) is 5.39. The summed E-state index contributed by atoms with van der Waals surface area (Å²) in [6, 6.07) is 12.4. The highest BCUT2D eigenvalue weighted by Gasteiger charge is 2.29. The van der Waals surface area contributed by atoms with Gasteiger partial charge in [-0.2, -0.15) is 4.72 Å². The molecule has 24 heavy (non-hydrogen) atoms. The highest BCUT2D eigenvalue weighted by atomic mass is 32.2. The van der Waals surface area contributed by atoms with Gasteiger partial charge in [-0.15, -0.1) is 0 Å². The molecule has 1 atom stereocenters. The second-order valence-corrected chi connectivity index (χ2v) is 6.67. The normalized spacial score (nSPS) is 12.5. The molecule has 3 N–H and O–H groups in total. The Morgan fingerprint density at radius 2 is 1.71 bits per heavy atom. The standard InChI is InChI=1S/C15H15N3O5S/c16-15(19)12(10-11-6-2-1-3-7-11)17-24(22,23)14-9-5-4-8-13(14)18(20)21/h1-9,12,17H,10H2,(H2,16,19). The summed E-state index contributed by atoms with van der Waals surface area (Å²) in [7, 11) is -4.29. The zero-order valence-electron chi connectivity index (χ0n) is 12.5. The van der Waals surface area contributed by atoms with E-state index in [2.05, 4.69) is 4.72 Å². The van der Waals surface area contributed by atoms with E-state index < -0.39 is 37.5 Å². The topological polar surface area (TPSA) is 132 Å². The van der Waals surface area contributed by atoms with Crippen LogP contribution in [-0.2, 0) is 21.2 Å². The Balaban J connectivity index is 2.32. The van der Waals surface area contributed by atoms with Crippen LogP contribution in [0.15, 0.2) is 59.5 Å². The van der Waals surface area contributed by atoms with Crippen LogP contribution in [0.4, 0.5) is 5.69 Å². The van der Waals surface area contributed by atoms with Gasteiger partial charge in [0.1, 0.15) is 6.04 Å². The second kappa shape index (κ2) is 7.20. The van der Waals surface area contributed by atoms with Crippen molar-refractivity contribution >= 4 is 21.6 Å². The van der Waals surface area contributed by atoms with Gasteiger partial charge >= 0.3 is 0 Å². The lowest BCUT2D eigenvalue weighted by Gasteiger charge is -2.15. The van der Waals surface area contributed by atoms with E-state index in [4.69, 9.17) is 5.73 Å². The molecular formula is C15H15N3O5S. The lowest BCUT2D eigenvalue weighted by Crippen LogP contribution is -2.45. The Bertz CT molecular complexity index is 852. The number of primary amides is 1. The van der Waals surface area contributed by atoms with Crippen molar-refractivity contribution in [3.8, 4) is 0 Å². The number of amides is 1. The SMILES string of the molecule is NC(=O)C(Cc1ccccc1)NS(=O)(=O)c1ccccc1[N+](=O)[O-]. The Hall–Kier alpha value is -2.78. The Labute approximate surface area is 138 Å². The molecule has 2 rings (SSSR count). The van der Waals surface area contributed by atoms with Crippen LogP contribution in [0, 0.1) is 10.1 Å². The molecular weight excluding hydrogens is 334 g/mol. The van der Waals surface area contributed by atoms with Gasteiger partial charge in [0.25, 0.3) is 5.69 Å². The summed E-state index contributed by atoms with van der Waals surface area (Å²) in [5, 5.41) is 11.0. The smallest absolute Gasteiger partial charge is 0.289 e. The van der Waals surface area contributed by atoms with E-state index in [9.17, 15) is 23.3 Å². The van der Waals surface area contributed by atoms with Gasteiger partial charge in [-0.1, -0.05) is 42.5 Å². The summed E-state index contributed by atoms with van der Waals surface area (Å²) in [6.45, 7) is 0. The van der Waals surface area contributed by atoms with Crippen molar-refractivity contribution in [1.82, 2.24) is 4.72 Å². The maximum absolute atomic E-state index is 12.4. The first kappa shape index (κ1) is 17.6. The van der Waals surface area contributed by atoms with Gasteiger partial charge in [0, 0.05) is 6.07 Å². The summed E-state index contributed by atoms with van der Waals surface area (Å²) in [4.78, 5) is 21.3. The van der Waals surface area contributed by atoms with E-state index in [0.29, 0.717) is 5.56 Å². The van der Waals surface area contributed by atoms with Crippen molar-refractivity contribution in [1.29, 1.82) is 0 Å². The molecule has 0 aliphatic rings. The number of hydrogen-bond donors (Lipinski definition) is 2. The molecule has 0 aliphatic heterocycles. The van der Waals surface area contributed by atoms with E-state index in [1.54, 1.807) is 30.3 Å². The molecule has 1 amide bonds. The molecule has 0 fully saturated rings. The number of carbonyl (C=O) groups excluding carboxylic acids is 1. The van der Waals surface area contributed by atoms with Crippen LogP contribution in [-0.4, -0.2) is 25.3 Å². The maximum atomic E-state index is 12.4. The molecule has 2 aromatic carbocycles. The van der Waals surface area contributed by atoms with Gasteiger partial charge in [-0.05, 0) is 18.1 Å². The van der Waals surface area contributed by atoms with Gasteiger partial charge < -0.3 is 5.73 Å². The molecule has 1 unspecified atom stereocenters. The molecule has 8 nitrogen and oxygen atoms in total. The molecule has 0 heterocycles. The number of benzene rings is 2. The summed E-state index contributed by atoms with van der Waals surface area (Å²) < 4.78 is 27.0. The maximum Gasteiger partial charge on any atom is 0.289 e. The number of sulfonamides is 1. The average Bonchev–Trinajstić information content (AvgIpc) is 2.55. The van der Waals surface area contributed by atoms with Crippen molar-refractivity contribution in [2.24, 2.45) is 5.73 Å². The second-order valence-electron chi connectivity index (χ2n) is 4.99. The third kappa shape index (κ3) is 4.15. The number of hydrogen-bond acceptors (Lipinski definition) is 5. The molecule has 0 aromatic heterocycles. The fourth-order valence-electron chi connectivity index (χ4n) is 2.14. The lowest BCUT2D eigenvalue weighted by atomic mass is 10.1. The van der Waals surface area contributed by atoms with Crippen molar-refractivity contribution in [2.45, 2.75) is 17.4 Å². The van der Waals surface area contributed by atoms with Crippen LogP contribution in [0.3, 0.4) is 0 Å². The van der Waals surface area contributed by atoms with Crippen molar-refractivity contribution < 1.29 is 18.1 Å². The van der Waals surface area contributed by atoms with Crippen LogP contribution in [0.2, 0.25) is 0 Å². The first-order chi connectivity index (χ1) is 11.3. The summed E-state index contributed by atoms with van der Waals surface area (Å²) in [5.74, 6) is -0.874. The predicted molar refractivity (Wildman–Crippen MR) is 86.5 cm³/mol. The van der Waals surface area contributed by atoms with Gasteiger partial charge in [0.05, 0.1) is 4.92 Å². The largest absolute Gasteiger partial charge is 0.368 e. The molecule has 0 aliphatic carbocycles. The molecule has 0 saturated carbocycles. The van der Waals surface area contributed by atoms with Crippen LogP contribution in [0.1, 0.15) is 5.56 Å². The molecule has 9 heteroatoms.